The lowest BCUT2D eigenvalue weighted by atomic mass is 10.1. The molecule has 0 aliphatic carbocycles. The van der Waals surface area contributed by atoms with Crippen LogP contribution in [-0.2, 0) is 13.5 Å². The molecule has 0 atom stereocenters. The van der Waals surface area contributed by atoms with Gasteiger partial charge in [-0.05, 0) is 24.6 Å². The third-order valence-electron chi connectivity index (χ3n) is 3.83. The molecule has 8 heteroatoms. The summed E-state index contributed by atoms with van der Waals surface area (Å²) in [6.45, 7) is 2.84. The number of aryl methyl sites for hydroxylation is 2. The molecule has 0 saturated carbocycles. The molecule has 1 aromatic carbocycles. The highest BCUT2D eigenvalue weighted by Crippen LogP contribution is 2.33. The van der Waals surface area contributed by atoms with Gasteiger partial charge < -0.3 is 15.2 Å². The van der Waals surface area contributed by atoms with Crippen LogP contribution in [0.1, 0.15) is 18.2 Å². The molecule has 2 N–H and O–H groups in total. The van der Waals surface area contributed by atoms with Gasteiger partial charge in [-0.2, -0.15) is 10.4 Å². The van der Waals surface area contributed by atoms with Crippen molar-refractivity contribution < 1.29 is 9.47 Å². The molecule has 0 amide bonds. The van der Waals surface area contributed by atoms with Crippen LogP contribution in [0.3, 0.4) is 0 Å². The Kier molecular flexibility index (Phi) is 5.64. The van der Waals surface area contributed by atoms with E-state index in [2.05, 4.69) is 21.1 Å². The Morgan fingerprint density at radius 2 is 2.00 bits per heavy atom. The lowest BCUT2D eigenvalue weighted by Crippen LogP contribution is -2.10. The van der Waals surface area contributed by atoms with E-state index in [-0.39, 0.29) is 0 Å². The summed E-state index contributed by atoms with van der Waals surface area (Å²) in [6, 6.07) is 9.12. The van der Waals surface area contributed by atoms with Gasteiger partial charge in [-0.25, -0.2) is 14.6 Å². The molecule has 138 valence electrons. The van der Waals surface area contributed by atoms with Crippen LogP contribution in [0.2, 0.25) is 0 Å². The topological polar surface area (TPSA) is 112 Å². The number of rotatable bonds is 7. The molecule has 0 spiro atoms. The van der Waals surface area contributed by atoms with Crippen LogP contribution in [0, 0.1) is 11.3 Å². The average molecular weight is 364 g/mol. The zero-order valence-electron chi connectivity index (χ0n) is 15.2. The summed E-state index contributed by atoms with van der Waals surface area (Å²) < 4.78 is 13.1. The minimum Gasteiger partial charge on any atom is -0.489 e. The second kappa shape index (κ2) is 8.29. The largest absolute Gasteiger partial charge is 0.489 e. The molecule has 0 saturated heterocycles. The van der Waals surface area contributed by atoms with E-state index in [0.717, 1.165) is 12.1 Å². The van der Waals surface area contributed by atoms with Gasteiger partial charge in [-0.3, -0.25) is 0 Å². The summed E-state index contributed by atoms with van der Waals surface area (Å²) in [5, 5.41) is 13.6. The van der Waals surface area contributed by atoms with Crippen molar-refractivity contribution in [2.24, 2.45) is 12.8 Å². The van der Waals surface area contributed by atoms with Crippen molar-refractivity contribution in [1.82, 2.24) is 19.7 Å². The molecule has 8 nitrogen and oxygen atoms in total. The van der Waals surface area contributed by atoms with Crippen molar-refractivity contribution in [1.29, 1.82) is 5.26 Å². The second-order valence-electron chi connectivity index (χ2n) is 5.76. The van der Waals surface area contributed by atoms with E-state index in [4.69, 9.17) is 15.2 Å². The van der Waals surface area contributed by atoms with E-state index in [9.17, 15) is 5.26 Å². The summed E-state index contributed by atoms with van der Waals surface area (Å²) in [5.74, 6) is 2.06. The molecule has 0 radical (unpaired) electrons. The lowest BCUT2D eigenvalue weighted by Gasteiger charge is -2.11. The van der Waals surface area contributed by atoms with Gasteiger partial charge in [-0.1, -0.05) is 6.92 Å². The average Bonchev–Trinajstić information content (AvgIpc) is 3.06. The maximum atomic E-state index is 9.22. The number of nitriles is 1. The first kappa shape index (κ1) is 18.4. The summed E-state index contributed by atoms with van der Waals surface area (Å²) in [4.78, 5) is 8.68. The third kappa shape index (κ3) is 4.22. The molecule has 0 unspecified atom stereocenters. The van der Waals surface area contributed by atoms with E-state index in [0.29, 0.717) is 47.5 Å². The Morgan fingerprint density at radius 3 is 2.63 bits per heavy atom. The Morgan fingerprint density at radius 1 is 1.22 bits per heavy atom. The summed E-state index contributed by atoms with van der Waals surface area (Å²) in [5.41, 5.74) is 7.49. The quantitative estimate of drug-likeness (QED) is 0.685. The highest BCUT2D eigenvalue weighted by molar-refractivity contribution is 5.66. The van der Waals surface area contributed by atoms with Gasteiger partial charge in [0.05, 0.1) is 35.3 Å². The van der Waals surface area contributed by atoms with Crippen LogP contribution in [-0.4, -0.2) is 32.9 Å². The summed E-state index contributed by atoms with van der Waals surface area (Å²) >= 11 is 0. The molecule has 3 rings (SSSR count). The Bertz CT molecular complexity index is 959. The first-order chi connectivity index (χ1) is 13.1. The van der Waals surface area contributed by atoms with Gasteiger partial charge in [0.15, 0.2) is 11.6 Å². The smallest absolute Gasteiger partial charge is 0.217 e. The lowest BCUT2D eigenvalue weighted by molar-refractivity contribution is 0.325. The zero-order chi connectivity index (χ0) is 19.2. The predicted molar refractivity (Wildman–Crippen MR) is 99.4 cm³/mol. The normalized spacial score (nSPS) is 10.4. The van der Waals surface area contributed by atoms with Crippen LogP contribution in [0.4, 0.5) is 0 Å². The van der Waals surface area contributed by atoms with Gasteiger partial charge in [0.2, 0.25) is 5.88 Å². The Balaban J connectivity index is 1.95. The van der Waals surface area contributed by atoms with Crippen LogP contribution >= 0.6 is 0 Å². The summed E-state index contributed by atoms with van der Waals surface area (Å²) in [6.07, 6.45) is 3.97. The minimum atomic E-state index is 0.397. The number of hydrogen-bond acceptors (Lipinski definition) is 7. The van der Waals surface area contributed by atoms with E-state index in [1.807, 2.05) is 20.0 Å². The molecule has 2 aromatic heterocycles. The highest BCUT2D eigenvalue weighted by Gasteiger charge is 2.14. The standard InChI is InChI=1S/C19H20N6O2/c1-3-14-9-18(25(2)24-14)27-17-8-13(10-21)4-5-16(17)19-22-11-15(12-23-19)26-7-6-20/h4-5,8-9,11-12H,3,6-7,20H2,1-2H3. The van der Waals surface area contributed by atoms with E-state index in [1.165, 1.54) is 0 Å². The Labute approximate surface area is 157 Å². The molecule has 27 heavy (non-hydrogen) atoms. The zero-order valence-corrected chi connectivity index (χ0v) is 15.2. The molecular formula is C19H20N6O2. The number of nitrogens with two attached hydrogens (primary N) is 1. The number of ether oxygens (including phenoxy) is 2. The van der Waals surface area contributed by atoms with Gasteiger partial charge in [0, 0.05) is 19.7 Å². The molecule has 0 fully saturated rings. The third-order valence-corrected chi connectivity index (χ3v) is 3.83. The first-order valence-electron chi connectivity index (χ1n) is 8.54. The van der Waals surface area contributed by atoms with E-state index >= 15 is 0 Å². The first-order valence-corrected chi connectivity index (χ1v) is 8.54. The van der Waals surface area contributed by atoms with Crippen molar-refractivity contribution in [3.05, 3.63) is 47.9 Å². The molecule has 0 aliphatic rings. The molecule has 0 aliphatic heterocycles. The monoisotopic (exact) mass is 364 g/mol. The number of benzene rings is 1. The molecule has 0 bridgehead atoms. The van der Waals surface area contributed by atoms with Crippen molar-refractivity contribution >= 4 is 0 Å². The van der Waals surface area contributed by atoms with Crippen LogP contribution < -0.4 is 15.2 Å². The Hall–Kier alpha value is -3.44. The van der Waals surface area contributed by atoms with Crippen molar-refractivity contribution in [3.63, 3.8) is 0 Å². The number of nitrogens with zero attached hydrogens (tertiary/aromatic N) is 5. The van der Waals surface area contributed by atoms with E-state index < -0.39 is 0 Å². The fourth-order valence-electron chi connectivity index (χ4n) is 2.46. The van der Waals surface area contributed by atoms with Gasteiger partial charge in [0.25, 0.3) is 0 Å². The number of aromatic nitrogens is 4. The fraction of sp³-hybridized carbons (Fsp3) is 0.263. The molecule has 3 aromatic rings. The number of hydrogen-bond donors (Lipinski definition) is 1. The van der Waals surface area contributed by atoms with Gasteiger partial charge >= 0.3 is 0 Å². The highest BCUT2D eigenvalue weighted by atomic mass is 16.5. The van der Waals surface area contributed by atoms with Gasteiger partial charge in [-0.15, -0.1) is 0 Å². The predicted octanol–water partition coefficient (Wildman–Crippen LogP) is 2.44. The van der Waals surface area contributed by atoms with Gasteiger partial charge in [0.1, 0.15) is 12.4 Å². The minimum absolute atomic E-state index is 0.397. The van der Waals surface area contributed by atoms with Crippen LogP contribution in [0.5, 0.6) is 17.4 Å². The molecule has 2 heterocycles. The fourth-order valence-corrected chi connectivity index (χ4v) is 2.46. The maximum Gasteiger partial charge on any atom is 0.217 e. The summed E-state index contributed by atoms with van der Waals surface area (Å²) in [7, 11) is 1.81. The van der Waals surface area contributed by atoms with Crippen molar-refractivity contribution in [3.8, 4) is 34.8 Å². The van der Waals surface area contributed by atoms with Crippen LogP contribution in [0.15, 0.2) is 36.7 Å². The van der Waals surface area contributed by atoms with Crippen molar-refractivity contribution in [2.45, 2.75) is 13.3 Å². The second-order valence-corrected chi connectivity index (χ2v) is 5.76. The molecular weight excluding hydrogens is 344 g/mol. The SMILES string of the molecule is CCc1cc(Oc2cc(C#N)ccc2-c2ncc(OCCN)cn2)n(C)n1. The van der Waals surface area contributed by atoms with E-state index in [1.54, 1.807) is 35.3 Å². The van der Waals surface area contributed by atoms with Crippen molar-refractivity contribution in [2.75, 3.05) is 13.2 Å². The maximum absolute atomic E-state index is 9.22. The van der Waals surface area contributed by atoms with Crippen LogP contribution in [0.25, 0.3) is 11.4 Å².